The molecule has 1 aromatic carbocycles. The Bertz CT molecular complexity index is 335. The first kappa shape index (κ1) is 12.2. The predicted molar refractivity (Wildman–Crippen MR) is 68.5 cm³/mol. The maximum atomic E-state index is 10.3. The fraction of sp³-hybridized carbons (Fsp3) is 0.385. The molecule has 1 N–H and O–H groups in total. The van der Waals surface area contributed by atoms with Gasteiger partial charge in [-0.2, -0.15) is 0 Å². The molecule has 0 aliphatic carbocycles. The van der Waals surface area contributed by atoms with Crippen LogP contribution in [0.5, 0.6) is 0 Å². The van der Waals surface area contributed by atoms with Crippen LogP contribution in [-0.2, 0) is 0 Å². The van der Waals surface area contributed by atoms with E-state index in [2.05, 4.69) is 25.7 Å². The van der Waals surface area contributed by atoms with Crippen LogP contribution in [0.1, 0.15) is 18.6 Å². The monoisotopic (exact) mass is 220 g/mol. The maximum absolute atomic E-state index is 10.3. The Morgan fingerprint density at radius 3 is 2.13 bits per heavy atom. The Balaban J connectivity index is 2.99. The van der Waals surface area contributed by atoms with Gasteiger partial charge in [0.15, 0.2) is 0 Å². The summed E-state index contributed by atoms with van der Waals surface area (Å²) in [7, 11) is -1.42. The molecule has 0 radical (unpaired) electrons. The van der Waals surface area contributed by atoms with E-state index in [0.29, 0.717) is 0 Å². The molecule has 1 atom stereocenters. The van der Waals surface area contributed by atoms with Crippen LogP contribution in [0.4, 0.5) is 0 Å². The Hall–Kier alpha value is -0.863. The minimum atomic E-state index is -1.42. The van der Waals surface area contributed by atoms with E-state index >= 15 is 0 Å². The van der Waals surface area contributed by atoms with Crippen LogP contribution in [0.15, 0.2) is 41.6 Å². The summed E-state index contributed by atoms with van der Waals surface area (Å²) in [6.45, 7) is 8.79. The standard InChI is InChI=1S/C13H20OSi/c1-5-12(15(2,3)4)13(14)11-9-7-6-8-10-11/h5-10,13-14H,1-4H3/b12-5-. The number of rotatable bonds is 3. The zero-order valence-electron chi connectivity index (χ0n) is 9.99. The molecule has 0 spiro atoms. The smallest absolute Gasteiger partial charge is 0.0966 e. The average molecular weight is 220 g/mol. The zero-order chi connectivity index (χ0) is 11.5. The largest absolute Gasteiger partial charge is 0.384 e. The first-order valence-corrected chi connectivity index (χ1v) is 8.86. The molecule has 1 aromatic rings. The van der Waals surface area contributed by atoms with Gasteiger partial charge in [0, 0.05) is 0 Å². The molecule has 2 heteroatoms. The van der Waals surface area contributed by atoms with Crippen molar-refractivity contribution in [1.29, 1.82) is 0 Å². The highest BCUT2D eigenvalue weighted by molar-refractivity contribution is 6.83. The van der Waals surface area contributed by atoms with Gasteiger partial charge >= 0.3 is 0 Å². The molecule has 0 heterocycles. The number of hydrogen-bond donors (Lipinski definition) is 1. The zero-order valence-corrected chi connectivity index (χ0v) is 11.0. The van der Waals surface area contributed by atoms with Crippen molar-refractivity contribution in [2.75, 3.05) is 0 Å². The van der Waals surface area contributed by atoms with Gasteiger partial charge in [-0.3, -0.25) is 0 Å². The molecule has 82 valence electrons. The molecule has 0 fully saturated rings. The van der Waals surface area contributed by atoms with E-state index in [4.69, 9.17) is 0 Å². The van der Waals surface area contributed by atoms with Gasteiger partial charge in [-0.05, 0) is 12.5 Å². The summed E-state index contributed by atoms with van der Waals surface area (Å²) in [5, 5.41) is 11.5. The second-order valence-corrected chi connectivity index (χ2v) is 9.88. The van der Waals surface area contributed by atoms with Crippen molar-refractivity contribution >= 4 is 8.07 Å². The molecule has 0 bridgehead atoms. The highest BCUT2D eigenvalue weighted by Crippen LogP contribution is 2.28. The number of allylic oxidation sites excluding steroid dienone is 1. The quantitative estimate of drug-likeness (QED) is 0.772. The van der Waals surface area contributed by atoms with Crippen LogP contribution in [0, 0.1) is 0 Å². The number of benzene rings is 1. The van der Waals surface area contributed by atoms with E-state index in [1.807, 2.05) is 37.3 Å². The summed E-state index contributed by atoms with van der Waals surface area (Å²) < 4.78 is 0. The van der Waals surface area contributed by atoms with Crippen molar-refractivity contribution in [3.05, 3.63) is 47.2 Å². The molecule has 15 heavy (non-hydrogen) atoms. The third kappa shape index (κ3) is 3.04. The minimum absolute atomic E-state index is 0.428. The van der Waals surface area contributed by atoms with Crippen molar-refractivity contribution in [2.45, 2.75) is 32.7 Å². The van der Waals surface area contributed by atoms with Gasteiger partial charge in [-0.15, -0.1) is 0 Å². The first-order chi connectivity index (χ1) is 6.96. The minimum Gasteiger partial charge on any atom is -0.384 e. The highest BCUT2D eigenvalue weighted by atomic mass is 28.3. The molecule has 1 rings (SSSR count). The number of hydrogen-bond acceptors (Lipinski definition) is 1. The van der Waals surface area contributed by atoms with E-state index in [-0.39, 0.29) is 0 Å². The molecule has 1 nitrogen and oxygen atoms in total. The van der Waals surface area contributed by atoms with E-state index < -0.39 is 14.2 Å². The predicted octanol–water partition coefficient (Wildman–Crippen LogP) is 3.54. The van der Waals surface area contributed by atoms with Gasteiger partial charge < -0.3 is 5.11 Å². The lowest BCUT2D eigenvalue weighted by Gasteiger charge is -2.25. The fourth-order valence-electron chi connectivity index (χ4n) is 1.82. The van der Waals surface area contributed by atoms with E-state index in [9.17, 15) is 5.11 Å². The normalized spacial score (nSPS) is 15.1. The second kappa shape index (κ2) is 4.77. The van der Waals surface area contributed by atoms with Gasteiger partial charge in [0.05, 0.1) is 14.2 Å². The summed E-state index contributed by atoms with van der Waals surface area (Å²) in [4.78, 5) is 0. The van der Waals surface area contributed by atoms with E-state index in [1.165, 1.54) is 5.20 Å². The summed E-state index contributed by atoms with van der Waals surface area (Å²) in [6.07, 6.45) is 1.65. The van der Waals surface area contributed by atoms with Crippen LogP contribution in [0.25, 0.3) is 0 Å². The van der Waals surface area contributed by atoms with Gasteiger partial charge in [-0.25, -0.2) is 0 Å². The van der Waals surface area contributed by atoms with Gasteiger partial charge in [0.1, 0.15) is 0 Å². The van der Waals surface area contributed by atoms with E-state index in [1.54, 1.807) is 0 Å². The third-order valence-corrected chi connectivity index (χ3v) is 4.88. The van der Waals surface area contributed by atoms with Crippen molar-refractivity contribution in [3.63, 3.8) is 0 Å². The lowest BCUT2D eigenvalue weighted by molar-refractivity contribution is 0.222. The highest BCUT2D eigenvalue weighted by Gasteiger charge is 2.25. The topological polar surface area (TPSA) is 20.2 Å². The Morgan fingerprint density at radius 1 is 1.20 bits per heavy atom. The van der Waals surface area contributed by atoms with Crippen LogP contribution in [0.2, 0.25) is 19.6 Å². The molecule has 0 aliphatic rings. The number of aliphatic hydroxyl groups excluding tert-OH is 1. The number of aliphatic hydroxyl groups is 1. The lowest BCUT2D eigenvalue weighted by atomic mass is 10.1. The fourth-order valence-corrected chi connectivity index (χ4v) is 3.67. The van der Waals surface area contributed by atoms with Crippen LogP contribution in [-0.4, -0.2) is 13.2 Å². The van der Waals surface area contributed by atoms with Crippen molar-refractivity contribution in [3.8, 4) is 0 Å². The molecule has 0 saturated carbocycles. The van der Waals surface area contributed by atoms with Crippen molar-refractivity contribution in [1.82, 2.24) is 0 Å². The maximum Gasteiger partial charge on any atom is 0.0966 e. The Kier molecular flexibility index (Phi) is 3.88. The summed E-state index contributed by atoms with van der Waals surface area (Å²) in [5.74, 6) is 0. The van der Waals surface area contributed by atoms with Gasteiger partial charge in [-0.1, -0.05) is 61.2 Å². The Labute approximate surface area is 93.5 Å². The van der Waals surface area contributed by atoms with E-state index in [0.717, 1.165) is 5.56 Å². The SMILES string of the molecule is C/C=C(/C(O)c1ccccc1)[Si](C)(C)C. The van der Waals surface area contributed by atoms with Crippen LogP contribution < -0.4 is 0 Å². The molecular weight excluding hydrogens is 200 g/mol. The van der Waals surface area contributed by atoms with Crippen LogP contribution >= 0.6 is 0 Å². The summed E-state index contributed by atoms with van der Waals surface area (Å²) in [6, 6.07) is 9.87. The molecule has 0 aliphatic heterocycles. The van der Waals surface area contributed by atoms with Gasteiger partial charge in [0.25, 0.3) is 0 Å². The van der Waals surface area contributed by atoms with Crippen LogP contribution in [0.3, 0.4) is 0 Å². The molecule has 0 aromatic heterocycles. The first-order valence-electron chi connectivity index (χ1n) is 5.36. The van der Waals surface area contributed by atoms with Gasteiger partial charge in [0.2, 0.25) is 0 Å². The molecular formula is C13H20OSi. The van der Waals surface area contributed by atoms with Crippen molar-refractivity contribution < 1.29 is 5.11 Å². The summed E-state index contributed by atoms with van der Waals surface area (Å²) >= 11 is 0. The Morgan fingerprint density at radius 2 is 1.73 bits per heavy atom. The molecule has 1 unspecified atom stereocenters. The van der Waals surface area contributed by atoms with Crippen molar-refractivity contribution in [2.24, 2.45) is 0 Å². The second-order valence-electron chi connectivity index (χ2n) is 4.81. The summed E-state index contributed by atoms with van der Waals surface area (Å²) in [5.41, 5.74) is 0.994. The molecule has 0 amide bonds. The average Bonchev–Trinajstić information content (AvgIpc) is 2.18. The molecule has 0 saturated heterocycles. The third-order valence-electron chi connectivity index (χ3n) is 2.59. The lowest BCUT2D eigenvalue weighted by Crippen LogP contribution is -2.28.